The molecule has 1 aromatic carbocycles. The molecule has 2 rings (SSSR count). The topological polar surface area (TPSA) is 24.9 Å². The average molecular weight is 300 g/mol. The molecule has 4 heteroatoms. The van der Waals surface area contributed by atoms with Gasteiger partial charge in [-0.25, -0.2) is 4.98 Å². The second-order valence-electron chi connectivity index (χ2n) is 3.61. The van der Waals surface area contributed by atoms with Gasteiger partial charge in [-0.1, -0.05) is 11.6 Å². The van der Waals surface area contributed by atoms with Crippen LogP contribution in [0.1, 0.15) is 12.5 Å². The molecule has 0 fully saturated rings. The Morgan fingerprint density at radius 3 is 2.88 bits per heavy atom. The molecule has 0 saturated heterocycles. The van der Waals surface area contributed by atoms with Crippen molar-refractivity contribution in [3.05, 3.63) is 33.3 Å². The Balaban J connectivity index is 2.73. The van der Waals surface area contributed by atoms with Crippen LogP contribution < -0.4 is 5.32 Å². The third kappa shape index (κ3) is 2.02. The molecule has 0 aliphatic carbocycles. The summed E-state index contributed by atoms with van der Waals surface area (Å²) in [5.41, 5.74) is 2.00. The molecule has 0 bridgehead atoms. The van der Waals surface area contributed by atoms with Gasteiger partial charge in [-0.05, 0) is 53.5 Å². The number of hydrogen-bond donors (Lipinski definition) is 1. The molecule has 0 radical (unpaired) electrons. The van der Waals surface area contributed by atoms with Crippen LogP contribution in [0.15, 0.2) is 22.7 Å². The lowest BCUT2D eigenvalue weighted by molar-refractivity contribution is 1.16. The SMILES string of the molecule is CCNc1nc2c(Br)ccc(Cl)c2cc1C. The first-order chi connectivity index (χ1) is 7.63. The van der Waals surface area contributed by atoms with Gasteiger partial charge in [0.05, 0.1) is 10.5 Å². The van der Waals surface area contributed by atoms with Crippen molar-refractivity contribution in [1.82, 2.24) is 4.98 Å². The van der Waals surface area contributed by atoms with Crippen LogP contribution >= 0.6 is 27.5 Å². The van der Waals surface area contributed by atoms with Gasteiger partial charge in [-0.3, -0.25) is 0 Å². The first kappa shape index (κ1) is 11.7. The van der Waals surface area contributed by atoms with E-state index in [4.69, 9.17) is 11.6 Å². The summed E-state index contributed by atoms with van der Waals surface area (Å²) in [6.07, 6.45) is 0. The maximum absolute atomic E-state index is 6.15. The smallest absolute Gasteiger partial charge is 0.129 e. The zero-order chi connectivity index (χ0) is 11.7. The highest BCUT2D eigenvalue weighted by Gasteiger charge is 2.08. The van der Waals surface area contributed by atoms with Gasteiger partial charge < -0.3 is 5.32 Å². The summed E-state index contributed by atoms with van der Waals surface area (Å²) in [6.45, 7) is 4.94. The third-order valence-corrected chi connectivity index (χ3v) is 3.39. The fraction of sp³-hybridized carbons (Fsp3) is 0.250. The number of nitrogens with zero attached hydrogens (tertiary/aromatic N) is 1. The fourth-order valence-corrected chi connectivity index (χ4v) is 2.28. The second-order valence-corrected chi connectivity index (χ2v) is 4.87. The lowest BCUT2D eigenvalue weighted by atomic mass is 10.1. The number of pyridine rings is 1. The van der Waals surface area contributed by atoms with Crippen molar-refractivity contribution in [3.8, 4) is 0 Å². The average Bonchev–Trinajstić information content (AvgIpc) is 2.26. The predicted molar refractivity (Wildman–Crippen MR) is 73.4 cm³/mol. The molecule has 0 atom stereocenters. The number of rotatable bonds is 2. The zero-order valence-corrected chi connectivity index (χ0v) is 11.5. The van der Waals surface area contributed by atoms with Gasteiger partial charge in [0.15, 0.2) is 0 Å². The van der Waals surface area contributed by atoms with Crippen LogP contribution in [0, 0.1) is 6.92 Å². The second kappa shape index (κ2) is 4.60. The van der Waals surface area contributed by atoms with Gasteiger partial charge in [-0.2, -0.15) is 0 Å². The van der Waals surface area contributed by atoms with Gasteiger partial charge in [0.25, 0.3) is 0 Å². The summed E-state index contributed by atoms with van der Waals surface area (Å²) in [5, 5.41) is 4.95. The Labute approximate surface area is 108 Å². The van der Waals surface area contributed by atoms with Crippen molar-refractivity contribution in [2.45, 2.75) is 13.8 Å². The van der Waals surface area contributed by atoms with Crippen molar-refractivity contribution in [2.75, 3.05) is 11.9 Å². The van der Waals surface area contributed by atoms with E-state index in [2.05, 4.69) is 39.2 Å². The Kier molecular flexibility index (Phi) is 3.36. The molecule has 1 aromatic heterocycles. The summed E-state index contributed by atoms with van der Waals surface area (Å²) in [5.74, 6) is 0.915. The molecule has 1 N–H and O–H groups in total. The third-order valence-electron chi connectivity index (χ3n) is 2.42. The van der Waals surface area contributed by atoms with E-state index in [0.29, 0.717) is 0 Å². The Bertz CT molecular complexity index is 540. The minimum Gasteiger partial charge on any atom is -0.370 e. The van der Waals surface area contributed by atoms with Crippen LogP contribution in [0.5, 0.6) is 0 Å². The molecule has 0 aliphatic rings. The number of halogens is 2. The molecule has 84 valence electrons. The highest BCUT2D eigenvalue weighted by atomic mass is 79.9. The minimum absolute atomic E-state index is 0.733. The number of aryl methyl sites for hydroxylation is 1. The van der Waals surface area contributed by atoms with Crippen molar-refractivity contribution in [1.29, 1.82) is 0 Å². The van der Waals surface area contributed by atoms with Crippen LogP contribution in [0.25, 0.3) is 10.9 Å². The van der Waals surface area contributed by atoms with Gasteiger partial charge in [0.2, 0.25) is 0 Å². The largest absolute Gasteiger partial charge is 0.370 e. The van der Waals surface area contributed by atoms with Crippen molar-refractivity contribution in [3.63, 3.8) is 0 Å². The number of benzene rings is 1. The predicted octanol–water partition coefficient (Wildman–Crippen LogP) is 4.39. The Morgan fingerprint density at radius 1 is 1.44 bits per heavy atom. The molecular weight excluding hydrogens is 288 g/mol. The van der Waals surface area contributed by atoms with Gasteiger partial charge >= 0.3 is 0 Å². The molecule has 0 amide bonds. The maximum atomic E-state index is 6.15. The summed E-state index contributed by atoms with van der Waals surface area (Å²) in [6, 6.07) is 5.86. The van der Waals surface area contributed by atoms with Crippen LogP contribution in [-0.2, 0) is 0 Å². The van der Waals surface area contributed by atoms with E-state index in [1.807, 2.05) is 19.1 Å². The number of anilines is 1. The highest BCUT2D eigenvalue weighted by Crippen LogP contribution is 2.31. The molecule has 2 aromatic rings. The first-order valence-corrected chi connectivity index (χ1v) is 6.29. The van der Waals surface area contributed by atoms with Crippen LogP contribution in [0.2, 0.25) is 5.02 Å². The minimum atomic E-state index is 0.733. The van der Waals surface area contributed by atoms with E-state index in [9.17, 15) is 0 Å². The van der Waals surface area contributed by atoms with E-state index in [0.717, 1.165) is 38.3 Å². The highest BCUT2D eigenvalue weighted by molar-refractivity contribution is 9.10. The van der Waals surface area contributed by atoms with Crippen molar-refractivity contribution in [2.24, 2.45) is 0 Å². The van der Waals surface area contributed by atoms with Crippen molar-refractivity contribution < 1.29 is 0 Å². The van der Waals surface area contributed by atoms with E-state index in [1.165, 1.54) is 0 Å². The maximum Gasteiger partial charge on any atom is 0.129 e. The number of fused-ring (bicyclic) bond motifs is 1. The van der Waals surface area contributed by atoms with E-state index in [1.54, 1.807) is 0 Å². The van der Waals surface area contributed by atoms with Crippen molar-refractivity contribution >= 4 is 44.3 Å². The van der Waals surface area contributed by atoms with Gasteiger partial charge in [-0.15, -0.1) is 0 Å². The summed E-state index contributed by atoms with van der Waals surface area (Å²) >= 11 is 9.64. The standard InChI is InChI=1S/C12H12BrClN2/c1-3-15-12-7(2)6-8-10(14)5-4-9(13)11(8)16-12/h4-6H,3H2,1-2H3,(H,15,16). The number of nitrogens with one attached hydrogen (secondary N) is 1. The number of hydrogen-bond acceptors (Lipinski definition) is 2. The van der Waals surface area contributed by atoms with Gasteiger partial charge in [0.1, 0.15) is 5.82 Å². The summed E-state index contributed by atoms with van der Waals surface area (Å²) < 4.78 is 0.964. The normalized spacial score (nSPS) is 10.8. The Morgan fingerprint density at radius 2 is 2.19 bits per heavy atom. The zero-order valence-electron chi connectivity index (χ0n) is 9.14. The number of aromatic nitrogens is 1. The fourth-order valence-electron chi connectivity index (χ4n) is 1.64. The van der Waals surface area contributed by atoms with E-state index in [-0.39, 0.29) is 0 Å². The quantitative estimate of drug-likeness (QED) is 0.889. The molecule has 0 spiro atoms. The Hall–Kier alpha value is -0.800. The summed E-state index contributed by atoms with van der Waals surface area (Å²) in [7, 11) is 0. The molecular formula is C12H12BrClN2. The summed E-state index contributed by atoms with van der Waals surface area (Å²) in [4.78, 5) is 4.58. The first-order valence-electron chi connectivity index (χ1n) is 5.12. The van der Waals surface area contributed by atoms with Gasteiger partial charge in [0, 0.05) is 16.4 Å². The monoisotopic (exact) mass is 298 g/mol. The van der Waals surface area contributed by atoms with Crippen LogP contribution in [-0.4, -0.2) is 11.5 Å². The van der Waals surface area contributed by atoms with Crippen LogP contribution in [0.3, 0.4) is 0 Å². The lowest BCUT2D eigenvalue weighted by Gasteiger charge is -2.10. The molecule has 16 heavy (non-hydrogen) atoms. The lowest BCUT2D eigenvalue weighted by Crippen LogP contribution is -2.01. The van der Waals surface area contributed by atoms with Crippen LogP contribution in [0.4, 0.5) is 5.82 Å². The van der Waals surface area contributed by atoms with E-state index < -0.39 is 0 Å². The molecule has 1 heterocycles. The molecule has 0 aliphatic heterocycles. The molecule has 0 saturated carbocycles. The molecule has 2 nitrogen and oxygen atoms in total. The molecule has 0 unspecified atom stereocenters. The van der Waals surface area contributed by atoms with E-state index >= 15 is 0 Å².